The second kappa shape index (κ2) is 8.59. The summed E-state index contributed by atoms with van der Waals surface area (Å²) in [5.74, 6) is 0.00412. The molecule has 3 saturated heterocycles. The average Bonchev–Trinajstić information content (AvgIpc) is 3.24. The van der Waals surface area contributed by atoms with Gasteiger partial charge in [-0.2, -0.15) is 4.31 Å². The average molecular weight is 481 g/mol. The van der Waals surface area contributed by atoms with Gasteiger partial charge < -0.3 is 16.0 Å². The number of nitrogens with zero attached hydrogens (tertiary/aromatic N) is 1. The number of hydrogen-bond acceptors (Lipinski definition) is 5. The predicted molar refractivity (Wildman–Crippen MR) is 122 cm³/mol. The Kier molecular flexibility index (Phi) is 5.94. The van der Waals surface area contributed by atoms with Gasteiger partial charge in [-0.15, -0.1) is 0 Å². The van der Waals surface area contributed by atoms with Gasteiger partial charge in [-0.05, 0) is 75.2 Å². The van der Waals surface area contributed by atoms with E-state index in [-0.39, 0.29) is 48.0 Å². The van der Waals surface area contributed by atoms with Gasteiger partial charge in [0.25, 0.3) is 5.91 Å². The molecule has 0 radical (unpaired) electrons. The quantitative estimate of drug-likeness (QED) is 0.596. The summed E-state index contributed by atoms with van der Waals surface area (Å²) < 4.78 is 28.2. The fraction of sp³-hybridized carbons (Fsp3) is 0.636. The van der Waals surface area contributed by atoms with Crippen LogP contribution in [-0.4, -0.2) is 61.5 Å². The minimum absolute atomic E-state index is 0.0575. The molecule has 4 atom stereocenters. The first-order chi connectivity index (χ1) is 15.3. The predicted octanol–water partition coefficient (Wildman–Crippen LogP) is 1.89. The van der Waals surface area contributed by atoms with Gasteiger partial charge in [0.1, 0.15) is 0 Å². The normalized spacial score (nSPS) is 30.1. The molecule has 4 heterocycles. The van der Waals surface area contributed by atoms with Gasteiger partial charge >= 0.3 is 0 Å². The third kappa shape index (κ3) is 4.27. The molecule has 0 aliphatic carbocycles. The highest BCUT2D eigenvalue weighted by Crippen LogP contribution is 2.39. The van der Waals surface area contributed by atoms with E-state index in [2.05, 4.69) is 16.0 Å². The van der Waals surface area contributed by atoms with Crippen LogP contribution in [0, 0.1) is 5.92 Å². The molecule has 4 aliphatic heterocycles. The number of anilines is 1. The van der Waals surface area contributed by atoms with Crippen molar-refractivity contribution < 1.29 is 18.0 Å². The molecule has 2 amide bonds. The summed E-state index contributed by atoms with van der Waals surface area (Å²) in [7, 11) is -3.32. The van der Waals surface area contributed by atoms with Crippen molar-refractivity contribution in [2.45, 2.75) is 63.1 Å². The van der Waals surface area contributed by atoms with Crippen molar-refractivity contribution in [2.24, 2.45) is 5.92 Å². The van der Waals surface area contributed by atoms with Crippen LogP contribution in [-0.2, 0) is 21.2 Å². The number of carbonyl (C=O) groups is 2. The van der Waals surface area contributed by atoms with Crippen LogP contribution in [0.25, 0.3) is 0 Å². The van der Waals surface area contributed by atoms with Crippen molar-refractivity contribution in [3.63, 3.8) is 0 Å². The van der Waals surface area contributed by atoms with Gasteiger partial charge in [0.2, 0.25) is 15.9 Å². The van der Waals surface area contributed by atoms with Crippen molar-refractivity contribution in [2.75, 3.05) is 24.2 Å². The number of nitrogens with one attached hydrogen (secondary N) is 3. The smallest absolute Gasteiger partial charge is 0.253 e. The number of amides is 2. The molecule has 10 heteroatoms. The van der Waals surface area contributed by atoms with Gasteiger partial charge in [0, 0.05) is 23.8 Å². The van der Waals surface area contributed by atoms with Crippen molar-refractivity contribution >= 4 is 39.1 Å². The van der Waals surface area contributed by atoms with E-state index in [9.17, 15) is 18.0 Å². The van der Waals surface area contributed by atoms with Crippen LogP contribution in [0.15, 0.2) is 12.1 Å². The van der Waals surface area contributed by atoms with E-state index in [1.807, 2.05) is 0 Å². The molecule has 3 fully saturated rings. The Morgan fingerprint density at radius 2 is 1.94 bits per heavy atom. The molecule has 174 valence electrons. The number of rotatable bonds is 5. The SMILES string of the molecule is O=C1Cc2cc(C(=O)NC3C[C@H]4CC[C@@H](C3)N4S(=O)(=O)C[C@H]3CCCNC3)c(Cl)cc2N1. The third-order valence-corrected chi connectivity index (χ3v) is 9.67. The van der Waals surface area contributed by atoms with E-state index in [1.165, 1.54) is 0 Å². The molecule has 0 aromatic heterocycles. The van der Waals surface area contributed by atoms with E-state index in [0.717, 1.165) is 44.3 Å². The maximum atomic E-state index is 13.2. The first-order valence-corrected chi connectivity index (χ1v) is 13.4. The van der Waals surface area contributed by atoms with Crippen LogP contribution in [0.5, 0.6) is 0 Å². The highest BCUT2D eigenvalue weighted by Gasteiger charge is 2.47. The zero-order valence-corrected chi connectivity index (χ0v) is 19.5. The van der Waals surface area contributed by atoms with Gasteiger partial charge in [-0.1, -0.05) is 11.6 Å². The van der Waals surface area contributed by atoms with Crippen LogP contribution in [0.2, 0.25) is 5.02 Å². The molecule has 2 bridgehead atoms. The van der Waals surface area contributed by atoms with Crippen LogP contribution in [0.3, 0.4) is 0 Å². The maximum absolute atomic E-state index is 13.2. The van der Waals surface area contributed by atoms with Gasteiger partial charge in [0.05, 0.1) is 22.8 Å². The number of halogens is 1. The Labute approximate surface area is 193 Å². The summed E-state index contributed by atoms with van der Waals surface area (Å²) in [6, 6.07) is 3.09. The Morgan fingerprint density at radius 3 is 2.62 bits per heavy atom. The molecule has 1 unspecified atom stereocenters. The highest BCUT2D eigenvalue weighted by molar-refractivity contribution is 7.89. The number of sulfonamides is 1. The lowest BCUT2D eigenvalue weighted by molar-refractivity contribution is -0.115. The first-order valence-electron chi connectivity index (χ1n) is 11.5. The molecule has 1 aromatic rings. The van der Waals surface area contributed by atoms with E-state index in [1.54, 1.807) is 16.4 Å². The second-order valence-electron chi connectivity index (χ2n) is 9.56. The van der Waals surface area contributed by atoms with Gasteiger partial charge in [-0.3, -0.25) is 9.59 Å². The number of piperidine rings is 2. The lowest BCUT2D eigenvalue weighted by atomic mass is 9.99. The molecule has 0 spiro atoms. The minimum Gasteiger partial charge on any atom is -0.349 e. The highest BCUT2D eigenvalue weighted by atomic mass is 35.5. The van der Waals surface area contributed by atoms with Crippen LogP contribution in [0.4, 0.5) is 5.69 Å². The second-order valence-corrected chi connectivity index (χ2v) is 11.9. The number of fused-ring (bicyclic) bond motifs is 3. The van der Waals surface area contributed by atoms with E-state index in [0.29, 0.717) is 29.1 Å². The van der Waals surface area contributed by atoms with Crippen LogP contribution in [0.1, 0.15) is 54.4 Å². The van der Waals surface area contributed by atoms with Gasteiger partial charge in [-0.25, -0.2) is 8.42 Å². The fourth-order valence-electron chi connectivity index (χ4n) is 5.84. The zero-order valence-electron chi connectivity index (χ0n) is 17.9. The van der Waals surface area contributed by atoms with Crippen LogP contribution < -0.4 is 16.0 Å². The number of benzene rings is 1. The number of hydrogen-bond donors (Lipinski definition) is 3. The van der Waals surface area contributed by atoms with Crippen molar-refractivity contribution in [3.8, 4) is 0 Å². The van der Waals surface area contributed by atoms with Crippen LogP contribution >= 0.6 is 11.6 Å². The first kappa shape index (κ1) is 22.1. The lowest BCUT2D eigenvalue weighted by Gasteiger charge is -2.39. The molecule has 0 saturated carbocycles. The Bertz CT molecular complexity index is 1030. The Hall–Kier alpha value is -1.68. The molecule has 32 heavy (non-hydrogen) atoms. The van der Waals surface area contributed by atoms with Crippen molar-refractivity contribution in [1.82, 2.24) is 14.9 Å². The fourth-order valence-corrected chi connectivity index (χ4v) is 8.43. The minimum atomic E-state index is -3.32. The summed E-state index contributed by atoms with van der Waals surface area (Å²) >= 11 is 6.31. The molecular weight excluding hydrogens is 452 g/mol. The lowest BCUT2D eigenvalue weighted by Crippen LogP contribution is -2.53. The van der Waals surface area contributed by atoms with E-state index in [4.69, 9.17) is 11.6 Å². The van der Waals surface area contributed by atoms with Crippen molar-refractivity contribution in [1.29, 1.82) is 0 Å². The van der Waals surface area contributed by atoms with Gasteiger partial charge in [0.15, 0.2) is 0 Å². The molecule has 5 rings (SSSR count). The summed E-state index contributed by atoms with van der Waals surface area (Å²) in [4.78, 5) is 24.6. The molecule has 4 aliphatic rings. The Morgan fingerprint density at radius 1 is 1.19 bits per heavy atom. The summed E-state index contributed by atoms with van der Waals surface area (Å²) in [5, 5.41) is 9.40. The molecule has 1 aromatic carbocycles. The summed E-state index contributed by atoms with van der Waals surface area (Å²) in [6.45, 7) is 1.73. The van der Waals surface area contributed by atoms with E-state index >= 15 is 0 Å². The third-order valence-electron chi connectivity index (χ3n) is 7.23. The standard InChI is InChI=1S/C22H29ClN4O4S/c23-19-10-20-14(7-21(28)26-20)6-18(19)22(29)25-15-8-16-3-4-17(9-15)27(16)32(30,31)12-13-2-1-5-24-11-13/h6,10,13,15-17,24H,1-5,7-9,11-12H2,(H,25,29)(H,26,28)/t13-,15?,16-,17+/m0/s1. The molecular formula is C22H29ClN4O4S. The molecule has 8 nitrogen and oxygen atoms in total. The molecule has 3 N–H and O–H groups in total. The van der Waals surface area contributed by atoms with E-state index < -0.39 is 10.0 Å². The topological polar surface area (TPSA) is 108 Å². The maximum Gasteiger partial charge on any atom is 0.253 e. The summed E-state index contributed by atoms with van der Waals surface area (Å²) in [6.07, 6.45) is 5.14. The number of carbonyl (C=O) groups excluding carboxylic acids is 2. The largest absolute Gasteiger partial charge is 0.349 e. The summed E-state index contributed by atoms with van der Waals surface area (Å²) in [5.41, 5.74) is 1.78. The zero-order chi connectivity index (χ0) is 22.5. The Balaban J connectivity index is 1.25. The van der Waals surface area contributed by atoms with Crippen molar-refractivity contribution in [3.05, 3.63) is 28.3 Å². The monoisotopic (exact) mass is 480 g/mol.